The highest BCUT2D eigenvalue weighted by atomic mass is 15.3. The Morgan fingerprint density at radius 3 is 2.52 bits per heavy atom. The molecule has 2 saturated heterocycles. The van der Waals surface area contributed by atoms with Crippen molar-refractivity contribution in [2.75, 3.05) is 44.2 Å². The Morgan fingerprint density at radius 1 is 0.828 bits per heavy atom. The lowest BCUT2D eigenvalue weighted by molar-refractivity contribution is 0.0890. The molecule has 0 amide bonds. The number of para-hydroxylation sites is 2. The average molecular weight is 387 g/mol. The lowest BCUT2D eigenvalue weighted by Gasteiger charge is -2.44. The Balaban J connectivity index is 1.21. The van der Waals surface area contributed by atoms with E-state index in [0.29, 0.717) is 6.04 Å². The van der Waals surface area contributed by atoms with Crippen molar-refractivity contribution >= 4 is 16.6 Å². The molecule has 0 unspecified atom stereocenters. The molecular weight excluding hydrogens is 356 g/mol. The molecule has 29 heavy (non-hydrogen) atoms. The average Bonchev–Trinajstić information content (AvgIpc) is 2.80. The lowest BCUT2D eigenvalue weighted by atomic mass is 10.0. The van der Waals surface area contributed by atoms with Crippen LogP contribution in [0.2, 0.25) is 0 Å². The van der Waals surface area contributed by atoms with Crippen LogP contribution in [-0.2, 0) is 6.54 Å². The molecular formula is C25H30N4. The van der Waals surface area contributed by atoms with Crippen LogP contribution in [0.4, 0.5) is 5.69 Å². The topological polar surface area (TPSA) is 22.6 Å². The summed E-state index contributed by atoms with van der Waals surface area (Å²) in [7, 11) is 0. The molecule has 0 N–H and O–H groups in total. The second-order valence-electron chi connectivity index (χ2n) is 8.38. The van der Waals surface area contributed by atoms with Crippen LogP contribution in [0.3, 0.4) is 0 Å². The third-order valence-electron chi connectivity index (χ3n) is 6.54. The first kappa shape index (κ1) is 18.6. The van der Waals surface area contributed by atoms with E-state index >= 15 is 0 Å². The minimum Gasteiger partial charge on any atom is -0.369 e. The summed E-state index contributed by atoms with van der Waals surface area (Å²) in [4.78, 5) is 12.5. The van der Waals surface area contributed by atoms with Gasteiger partial charge in [-0.2, -0.15) is 0 Å². The summed E-state index contributed by atoms with van der Waals surface area (Å²) in [5.41, 5.74) is 3.88. The van der Waals surface area contributed by atoms with Gasteiger partial charge in [-0.05, 0) is 43.1 Å². The Hall–Kier alpha value is -2.43. The fourth-order valence-electron chi connectivity index (χ4n) is 4.99. The number of piperidine rings is 1. The normalized spacial score (nSPS) is 21.5. The quantitative estimate of drug-likeness (QED) is 0.675. The molecule has 2 aromatic carbocycles. The minimum atomic E-state index is 0.685. The molecule has 1 atom stereocenters. The van der Waals surface area contributed by atoms with Crippen LogP contribution < -0.4 is 4.90 Å². The monoisotopic (exact) mass is 386 g/mol. The number of benzene rings is 2. The highest BCUT2D eigenvalue weighted by Crippen LogP contribution is 2.23. The third-order valence-corrected chi connectivity index (χ3v) is 6.54. The molecule has 3 aromatic rings. The summed E-state index contributed by atoms with van der Waals surface area (Å²) in [5, 5.41) is 1.25. The van der Waals surface area contributed by atoms with Crippen molar-refractivity contribution in [3.05, 3.63) is 72.4 Å². The molecule has 2 fully saturated rings. The number of fused-ring (bicyclic) bond motifs is 1. The molecule has 0 spiro atoms. The van der Waals surface area contributed by atoms with Crippen LogP contribution in [0.25, 0.3) is 10.9 Å². The number of hydrogen-bond donors (Lipinski definition) is 0. The van der Waals surface area contributed by atoms with E-state index in [0.717, 1.165) is 25.2 Å². The number of piperazine rings is 1. The van der Waals surface area contributed by atoms with Crippen LogP contribution in [-0.4, -0.2) is 60.1 Å². The number of pyridine rings is 1. The summed E-state index contributed by atoms with van der Waals surface area (Å²) in [5.74, 6) is 0. The highest BCUT2D eigenvalue weighted by molar-refractivity contribution is 5.81. The Bertz CT molecular complexity index is 928. The number of hydrogen-bond acceptors (Lipinski definition) is 4. The number of likely N-dealkylation sites (tertiary alicyclic amines) is 1. The van der Waals surface area contributed by atoms with Crippen LogP contribution in [0, 0.1) is 0 Å². The minimum absolute atomic E-state index is 0.685. The predicted octanol–water partition coefficient (Wildman–Crippen LogP) is 4.02. The molecule has 0 aliphatic carbocycles. The molecule has 4 nitrogen and oxygen atoms in total. The maximum Gasteiger partial charge on any atom is 0.0746 e. The number of aromatic nitrogens is 1. The summed E-state index contributed by atoms with van der Waals surface area (Å²) in [6.07, 6.45) is 4.54. The van der Waals surface area contributed by atoms with Crippen LogP contribution >= 0.6 is 0 Å². The molecule has 4 heteroatoms. The smallest absolute Gasteiger partial charge is 0.0746 e. The van der Waals surface area contributed by atoms with E-state index < -0.39 is 0 Å². The van der Waals surface area contributed by atoms with Crippen molar-refractivity contribution in [2.45, 2.75) is 25.4 Å². The molecule has 1 aromatic heterocycles. The summed E-state index contributed by atoms with van der Waals surface area (Å²) >= 11 is 0. The Labute approximate surface area is 173 Å². The van der Waals surface area contributed by atoms with E-state index in [2.05, 4.69) is 74.3 Å². The van der Waals surface area contributed by atoms with Crippen LogP contribution in [0.15, 0.2) is 66.9 Å². The van der Waals surface area contributed by atoms with E-state index in [1.807, 2.05) is 12.3 Å². The standard InChI is InChI=1S/C25H30N4/c1-2-10-23(11-3-1)28-15-17-29(18-16-28)24-12-6-14-27(20-24)19-22-8-4-7-21-9-5-13-26-25(21)22/h1-5,7-11,13,24H,6,12,14-20H2/t24-/m0/s1. The van der Waals surface area contributed by atoms with Crippen molar-refractivity contribution in [2.24, 2.45) is 0 Å². The van der Waals surface area contributed by atoms with E-state index in [1.54, 1.807) is 0 Å². The van der Waals surface area contributed by atoms with Gasteiger partial charge >= 0.3 is 0 Å². The van der Waals surface area contributed by atoms with Gasteiger partial charge in [-0.3, -0.25) is 14.8 Å². The molecule has 0 radical (unpaired) electrons. The number of rotatable bonds is 4. The summed E-state index contributed by atoms with van der Waals surface area (Å²) in [6, 6.07) is 22.3. The first-order chi connectivity index (χ1) is 14.4. The van der Waals surface area contributed by atoms with Gasteiger partial charge in [0.1, 0.15) is 0 Å². The molecule has 3 heterocycles. The van der Waals surface area contributed by atoms with Gasteiger partial charge in [0.15, 0.2) is 0 Å². The molecule has 2 aliphatic rings. The molecule has 150 valence electrons. The van der Waals surface area contributed by atoms with Gasteiger partial charge in [-0.15, -0.1) is 0 Å². The summed E-state index contributed by atoms with van der Waals surface area (Å²) < 4.78 is 0. The van der Waals surface area contributed by atoms with Gasteiger partial charge in [-0.25, -0.2) is 0 Å². The zero-order chi connectivity index (χ0) is 19.5. The fourth-order valence-corrected chi connectivity index (χ4v) is 4.99. The first-order valence-corrected chi connectivity index (χ1v) is 11.0. The molecule has 0 saturated carbocycles. The predicted molar refractivity (Wildman–Crippen MR) is 120 cm³/mol. The number of nitrogens with zero attached hydrogens (tertiary/aromatic N) is 4. The number of anilines is 1. The van der Waals surface area contributed by atoms with Gasteiger partial charge in [0.2, 0.25) is 0 Å². The molecule has 2 aliphatic heterocycles. The second-order valence-corrected chi connectivity index (χ2v) is 8.38. The largest absolute Gasteiger partial charge is 0.369 e. The third kappa shape index (κ3) is 4.14. The Kier molecular flexibility index (Phi) is 5.46. The zero-order valence-electron chi connectivity index (χ0n) is 17.1. The highest BCUT2D eigenvalue weighted by Gasteiger charge is 2.28. The second kappa shape index (κ2) is 8.52. The first-order valence-electron chi connectivity index (χ1n) is 11.0. The lowest BCUT2D eigenvalue weighted by Crippen LogP contribution is -2.55. The van der Waals surface area contributed by atoms with Crippen molar-refractivity contribution in [1.29, 1.82) is 0 Å². The van der Waals surface area contributed by atoms with Crippen molar-refractivity contribution in [3.8, 4) is 0 Å². The van der Waals surface area contributed by atoms with Crippen molar-refractivity contribution < 1.29 is 0 Å². The van der Waals surface area contributed by atoms with Crippen LogP contribution in [0.5, 0.6) is 0 Å². The van der Waals surface area contributed by atoms with E-state index in [9.17, 15) is 0 Å². The molecule has 5 rings (SSSR count). The zero-order valence-corrected chi connectivity index (χ0v) is 17.1. The maximum absolute atomic E-state index is 4.65. The van der Waals surface area contributed by atoms with Crippen molar-refractivity contribution in [1.82, 2.24) is 14.8 Å². The Morgan fingerprint density at radius 2 is 1.66 bits per heavy atom. The van der Waals surface area contributed by atoms with Crippen molar-refractivity contribution in [3.63, 3.8) is 0 Å². The van der Waals surface area contributed by atoms with Crippen LogP contribution in [0.1, 0.15) is 18.4 Å². The van der Waals surface area contributed by atoms with E-state index in [1.165, 1.54) is 55.7 Å². The van der Waals surface area contributed by atoms with Gasteiger partial charge < -0.3 is 4.90 Å². The summed E-state index contributed by atoms with van der Waals surface area (Å²) in [6.45, 7) is 7.99. The van der Waals surface area contributed by atoms with Gasteiger partial charge in [-0.1, -0.05) is 42.5 Å². The molecule has 0 bridgehead atoms. The van der Waals surface area contributed by atoms with Gasteiger partial charge in [0.05, 0.1) is 5.52 Å². The van der Waals surface area contributed by atoms with E-state index in [4.69, 9.17) is 0 Å². The fraction of sp³-hybridized carbons (Fsp3) is 0.400. The SMILES string of the molecule is c1ccc(N2CCN([C@H]3CCCN(Cc4cccc5cccnc45)C3)CC2)cc1. The van der Waals surface area contributed by atoms with Gasteiger partial charge in [0, 0.05) is 62.6 Å². The van der Waals surface area contributed by atoms with Gasteiger partial charge in [0.25, 0.3) is 0 Å². The maximum atomic E-state index is 4.65. The van der Waals surface area contributed by atoms with E-state index in [-0.39, 0.29) is 0 Å².